The van der Waals surface area contributed by atoms with Gasteiger partial charge in [-0.15, -0.1) is 0 Å². The van der Waals surface area contributed by atoms with E-state index in [1.54, 1.807) is 11.2 Å². The summed E-state index contributed by atoms with van der Waals surface area (Å²) >= 11 is 0. The zero-order valence-corrected chi connectivity index (χ0v) is 9.26. The Morgan fingerprint density at radius 3 is 2.69 bits per heavy atom. The highest BCUT2D eigenvalue weighted by atomic mass is 32.2. The van der Waals surface area contributed by atoms with Gasteiger partial charge in [-0.05, 0) is 19.8 Å². The van der Waals surface area contributed by atoms with Crippen molar-refractivity contribution in [2.45, 2.75) is 20.8 Å². The van der Waals surface area contributed by atoms with E-state index in [-0.39, 0.29) is 5.75 Å². The van der Waals surface area contributed by atoms with E-state index >= 15 is 0 Å². The molecule has 0 aliphatic carbocycles. The third kappa shape index (κ3) is 2.54. The Bertz CT molecular complexity index is 306. The van der Waals surface area contributed by atoms with Gasteiger partial charge < -0.3 is 0 Å². The Morgan fingerprint density at radius 1 is 1.62 bits per heavy atom. The van der Waals surface area contributed by atoms with Gasteiger partial charge in [0.2, 0.25) is 10.0 Å². The van der Waals surface area contributed by atoms with Gasteiger partial charge in [0.15, 0.2) is 0 Å². The second-order valence-electron chi connectivity index (χ2n) is 3.68. The molecule has 1 unspecified atom stereocenters. The van der Waals surface area contributed by atoms with Crippen LogP contribution in [0.5, 0.6) is 0 Å². The van der Waals surface area contributed by atoms with E-state index in [9.17, 15) is 8.42 Å². The number of hydrogen-bond acceptors (Lipinski definition) is 2. The first kappa shape index (κ1) is 10.7. The normalized spacial score (nSPS) is 25.8. The second kappa shape index (κ2) is 3.80. The minimum atomic E-state index is -2.99. The van der Waals surface area contributed by atoms with Crippen molar-refractivity contribution in [3.05, 3.63) is 11.6 Å². The summed E-state index contributed by atoms with van der Waals surface area (Å²) in [7, 11) is -2.99. The van der Waals surface area contributed by atoms with Crippen molar-refractivity contribution < 1.29 is 8.42 Å². The average Bonchev–Trinajstić information content (AvgIpc) is 2.02. The third-order valence-corrected chi connectivity index (χ3v) is 4.04. The van der Waals surface area contributed by atoms with Crippen LogP contribution in [0.2, 0.25) is 0 Å². The standard InChI is InChI=1S/C9H17NO2S/c1-4-13(11,12)10-6-8(2)5-9(3)7-10/h5,8H,4,6-7H2,1-3H3. The molecule has 0 saturated heterocycles. The van der Waals surface area contributed by atoms with Crippen LogP contribution in [0, 0.1) is 5.92 Å². The summed E-state index contributed by atoms with van der Waals surface area (Å²) < 4.78 is 24.7. The highest BCUT2D eigenvalue weighted by Crippen LogP contribution is 2.17. The van der Waals surface area contributed by atoms with Crippen LogP contribution in [0.1, 0.15) is 20.8 Å². The third-order valence-electron chi connectivity index (χ3n) is 2.24. The highest BCUT2D eigenvalue weighted by Gasteiger charge is 2.24. The summed E-state index contributed by atoms with van der Waals surface area (Å²) in [5, 5.41) is 0. The van der Waals surface area contributed by atoms with Crippen LogP contribution in [0.4, 0.5) is 0 Å². The van der Waals surface area contributed by atoms with Crippen LogP contribution in [0.3, 0.4) is 0 Å². The number of nitrogens with zero attached hydrogens (tertiary/aromatic N) is 1. The number of sulfonamides is 1. The van der Waals surface area contributed by atoms with Crippen LogP contribution >= 0.6 is 0 Å². The van der Waals surface area contributed by atoms with Gasteiger partial charge in [0, 0.05) is 13.1 Å². The fourth-order valence-electron chi connectivity index (χ4n) is 1.65. The molecule has 0 aromatic heterocycles. The summed E-state index contributed by atoms with van der Waals surface area (Å²) in [5.74, 6) is 0.544. The van der Waals surface area contributed by atoms with E-state index in [1.807, 2.05) is 13.8 Å². The van der Waals surface area contributed by atoms with Crippen LogP contribution in [-0.2, 0) is 10.0 Å². The molecule has 0 bridgehead atoms. The summed E-state index contributed by atoms with van der Waals surface area (Å²) in [5.41, 5.74) is 1.15. The molecule has 0 saturated carbocycles. The van der Waals surface area contributed by atoms with Gasteiger partial charge in [-0.3, -0.25) is 0 Å². The summed E-state index contributed by atoms with van der Waals surface area (Å²) in [6.07, 6.45) is 2.14. The molecule has 0 radical (unpaired) electrons. The van der Waals surface area contributed by atoms with Crippen molar-refractivity contribution in [2.24, 2.45) is 5.92 Å². The minimum absolute atomic E-state index is 0.201. The summed E-state index contributed by atoms with van der Waals surface area (Å²) in [4.78, 5) is 0. The van der Waals surface area contributed by atoms with Crippen LogP contribution in [0.15, 0.2) is 11.6 Å². The molecule has 76 valence electrons. The molecule has 0 fully saturated rings. The summed E-state index contributed by atoms with van der Waals surface area (Å²) in [6.45, 7) is 6.91. The van der Waals surface area contributed by atoms with Crippen LogP contribution < -0.4 is 0 Å². The fourth-order valence-corrected chi connectivity index (χ4v) is 2.88. The van der Waals surface area contributed by atoms with E-state index in [1.165, 1.54) is 0 Å². The average molecular weight is 203 g/mol. The second-order valence-corrected chi connectivity index (χ2v) is 5.94. The van der Waals surface area contributed by atoms with Gasteiger partial charge in [-0.2, -0.15) is 4.31 Å². The maximum absolute atomic E-state index is 11.5. The molecule has 0 aromatic carbocycles. The number of rotatable bonds is 2. The molecule has 0 N–H and O–H groups in total. The van der Waals surface area contributed by atoms with Crippen LogP contribution in [-0.4, -0.2) is 31.6 Å². The van der Waals surface area contributed by atoms with E-state index in [2.05, 4.69) is 6.08 Å². The Balaban J connectivity index is 2.82. The van der Waals surface area contributed by atoms with E-state index in [0.717, 1.165) is 5.57 Å². The first-order valence-electron chi connectivity index (χ1n) is 4.61. The van der Waals surface area contributed by atoms with E-state index in [0.29, 0.717) is 19.0 Å². The topological polar surface area (TPSA) is 37.4 Å². The predicted octanol–water partition coefficient (Wildman–Crippen LogP) is 1.23. The molecule has 13 heavy (non-hydrogen) atoms. The zero-order chi connectivity index (χ0) is 10.1. The Kier molecular flexibility index (Phi) is 3.14. The molecule has 0 spiro atoms. The van der Waals surface area contributed by atoms with Crippen molar-refractivity contribution in [1.82, 2.24) is 4.31 Å². The fraction of sp³-hybridized carbons (Fsp3) is 0.778. The first-order valence-corrected chi connectivity index (χ1v) is 6.21. The van der Waals surface area contributed by atoms with Crippen molar-refractivity contribution in [2.75, 3.05) is 18.8 Å². The van der Waals surface area contributed by atoms with Gasteiger partial charge in [-0.1, -0.05) is 18.6 Å². The molecular weight excluding hydrogens is 186 g/mol. The van der Waals surface area contributed by atoms with Gasteiger partial charge in [0.05, 0.1) is 5.75 Å². The first-order chi connectivity index (χ1) is 5.95. The molecule has 1 heterocycles. The Hall–Kier alpha value is -0.350. The van der Waals surface area contributed by atoms with E-state index in [4.69, 9.17) is 0 Å². The van der Waals surface area contributed by atoms with Gasteiger partial charge in [0.1, 0.15) is 0 Å². The maximum Gasteiger partial charge on any atom is 0.214 e. The molecule has 1 rings (SSSR count). The van der Waals surface area contributed by atoms with Gasteiger partial charge in [0.25, 0.3) is 0 Å². The zero-order valence-electron chi connectivity index (χ0n) is 8.45. The lowest BCUT2D eigenvalue weighted by Gasteiger charge is -2.28. The molecule has 1 aliphatic heterocycles. The number of hydrogen-bond donors (Lipinski definition) is 0. The molecule has 3 nitrogen and oxygen atoms in total. The van der Waals surface area contributed by atoms with Crippen molar-refractivity contribution in [3.63, 3.8) is 0 Å². The Morgan fingerprint density at radius 2 is 2.23 bits per heavy atom. The largest absolute Gasteiger partial charge is 0.214 e. The lowest BCUT2D eigenvalue weighted by atomic mass is 10.1. The monoisotopic (exact) mass is 203 g/mol. The van der Waals surface area contributed by atoms with Gasteiger partial charge in [-0.25, -0.2) is 8.42 Å². The highest BCUT2D eigenvalue weighted by molar-refractivity contribution is 7.89. The van der Waals surface area contributed by atoms with Crippen LogP contribution in [0.25, 0.3) is 0 Å². The van der Waals surface area contributed by atoms with E-state index < -0.39 is 10.0 Å². The molecule has 0 amide bonds. The SMILES string of the molecule is CCS(=O)(=O)N1CC(C)=CC(C)C1. The smallest absolute Gasteiger partial charge is 0.212 e. The summed E-state index contributed by atoms with van der Waals surface area (Å²) in [6, 6.07) is 0. The molecule has 4 heteroatoms. The predicted molar refractivity (Wildman–Crippen MR) is 54.0 cm³/mol. The Labute approximate surface area is 80.5 Å². The molecular formula is C9H17NO2S. The van der Waals surface area contributed by atoms with Crippen molar-refractivity contribution in [3.8, 4) is 0 Å². The molecule has 1 aliphatic rings. The van der Waals surface area contributed by atoms with Crippen molar-refractivity contribution in [1.29, 1.82) is 0 Å². The minimum Gasteiger partial charge on any atom is -0.212 e. The lowest BCUT2D eigenvalue weighted by Crippen LogP contribution is -2.39. The maximum atomic E-state index is 11.5. The lowest BCUT2D eigenvalue weighted by molar-refractivity contribution is 0.385. The molecule has 1 atom stereocenters. The van der Waals surface area contributed by atoms with Gasteiger partial charge >= 0.3 is 0 Å². The quantitative estimate of drug-likeness (QED) is 0.633. The molecule has 0 aromatic rings. The van der Waals surface area contributed by atoms with Crippen molar-refractivity contribution >= 4 is 10.0 Å².